The highest BCUT2D eigenvalue weighted by Gasteiger charge is 1.98. The first-order valence-corrected chi connectivity index (χ1v) is 10.1. The second kappa shape index (κ2) is 15.0. The predicted octanol–water partition coefficient (Wildman–Crippen LogP) is 5.27. The highest BCUT2D eigenvalue weighted by molar-refractivity contribution is 6.02. The van der Waals surface area contributed by atoms with Crippen LogP contribution in [0.15, 0.2) is 108 Å². The monoisotopic (exact) mass is 435 g/mol. The van der Waals surface area contributed by atoms with Crippen LogP contribution < -0.4 is 5.73 Å². The van der Waals surface area contributed by atoms with Crippen molar-refractivity contribution >= 4 is 11.8 Å². The maximum Gasteiger partial charge on any atom is 0.127 e. The van der Waals surface area contributed by atoms with Gasteiger partial charge in [0.25, 0.3) is 0 Å². The van der Waals surface area contributed by atoms with E-state index in [4.69, 9.17) is 25.0 Å². The lowest BCUT2D eigenvalue weighted by Crippen LogP contribution is -2.17. The quantitative estimate of drug-likeness (QED) is 0.236. The highest BCUT2D eigenvalue weighted by Crippen LogP contribution is 2.09. The summed E-state index contributed by atoms with van der Waals surface area (Å²) in [7, 11) is 3.52. The Balaban J connectivity index is 2.66. The normalized spacial score (nSPS) is 13.2. The smallest absolute Gasteiger partial charge is 0.127 e. The number of rotatable bonds is 14. The van der Waals surface area contributed by atoms with Crippen LogP contribution in [0, 0.1) is 12.3 Å². The number of aryl methyl sites for hydroxylation is 1. The number of allylic oxidation sites excluding steroid dienone is 9. The molecule has 3 N–H and O–H groups in total. The summed E-state index contributed by atoms with van der Waals surface area (Å²) in [6.07, 6.45) is 18.9. The van der Waals surface area contributed by atoms with Crippen LogP contribution in [-0.4, -0.2) is 37.9 Å². The molecule has 1 aromatic rings. The summed E-state index contributed by atoms with van der Waals surface area (Å²) in [5.41, 5.74) is 6.62. The summed E-state index contributed by atoms with van der Waals surface area (Å²) in [4.78, 5) is 1.99. The van der Waals surface area contributed by atoms with Crippen molar-refractivity contribution in [3.05, 3.63) is 115 Å². The molecule has 170 valence electrons. The maximum atomic E-state index is 8.02. The van der Waals surface area contributed by atoms with Gasteiger partial charge >= 0.3 is 0 Å². The number of nitrogens with one attached hydrogen (secondary N) is 1. The van der Waals surface area contributed by atoms with Gasteiger partial charge in [0, 0.05) is 18.8 Å². The molecule has 0 fully saturated rings. The zero-order valence-corrected chi connectivity index (χ0v) is 19.1. The Morgan fingerprint density at radius 3 is 2.59 bits per heavy atom. The first kappa shape index (κ1) is 26.1. The average molecular weight is 436 g/mol. The summed E-state index contributed by atoms with van der Waals surface area (Å²) in [5, 5.41) is 8.02. The zero-order valence-electron chi connectivity index (χ0n) is 19.1. The van der Waals surface area contributed by atoms with Gasteiger partial charge in [0.15, 0.2) is 0 Å². The van der Waals surface area contributed by atoms with Gasteiger partial charge in [-0.1, -0.05) is 25.3 Å². The molecule has 0 amide bonds. The van der Waals surface area contributed by atoms with Crippen molar-refractivity contribution in [3.63, 3.8) is 0 Å². The summed E-state index contributed by atoms with van der Waals surface area (Å²) in [6.45, 7) is 10.5. The molecule has 0 aliphatic heterocycles. The number of hydrogen-bond donors (Lipinski definition) is 2. The molecule has 0 saturated heterocycles. The third kappa shape index (κ3) is 11.3. The Bertz CT molecular complexity index is 943. The Hall–Kier alpha value is -3.93. The number of methoxy groups -OCH3 is 1. The fourth-order valence-electron chi connectivity index (χ4n) is 2.31. The van der Waals surface area contributed by atoms with Gasteiger partial charge in [-0.2, -0.15) is 0 Å². The number of ether oxygens (including phenoxy) is 2. The Morgan fingerprint density at radius 1 is 1.19 bits per heavy atom. The molecule has 1 rings (SSSR count). The van der Waals surface area contributed by atoms with E-state index in [0.717, 1.165) is 5.76 Å². The van der Waals surface area contributed by atoms with Gasteiger partial charge < -0.3 is 29.9 Å². The molecular formula is C26H33N3O3. The van der Waals surface area contributed by atoms with Crippen LogP contribution in [0.25, 0.3) is 6.08 Å². The number of likely N-dealkylation sites (N-methyl/N-ethyl adjacent to an activating group) is 1. The van der Waals surface area contributed by atoms with Crippen LogP contribution in [0.1, 0.15) is 11.5 Å². The first-order valence-electron chi connectivity index (χ1n) is 10.1. The van der Waals surface area contributed by atoms with Crippen molar-refractivity contribution in [3.8, 4) is 0 Å². The zero-order chi connectivity index (χ0) is 23.8. The molecule has 0 spiro atoms. The molecule has 0 aromatic carbocycles. The molecule has 6 nitrogen and oxygen atoms in total. The van der Waals surface area contributed by atoms with Crippen molar-refractivity contribution in [1.29, 1.82) is 5.41 Å². The van der Waals surface area contributed by atoms with E-state index >= 15 is 0 Å². The Kier molecular flexibility index (Phi) is 12.2. The molecule has 0 unspecified atom stereocenters. The fourth-order valence-corrected chi connectivity index (χ4v) is 2.31. The predicted molar refractivity (Wildman–Crippen MR) is 133 cm³/mol. The topological polar surface area (TPSA) is 84.7 Å². The van der Waals surface area contributed by atoms with E-state index in [2.05, 4.69) is 13.2 Å². The molecule has 0 atom stereocenters. The summed E-state index contributed by atoms with van der Waals surface area (Å²) in [6, 6.07) is 3.73. The third-order valence-electron chi connectivity index (χ3n) is 3.97. The van der Waals surface area contributed by atoms with Crippen molar-refractivity contribution in [2.24, 2.45) is 5.73 Å². The van der Waals surface area contributed by atoms with Crippen LogP contribution in [-0.2, 0) is 9.47 Å². The number of hydrogen-bond acceptors (Lipinski definition) is 6. The van der Waals surface area contributed by atoms with Gasteiger partial charge in [-0.3, -0.25) is 0 Å². The van der Waals surface area contributed by atoms with Gasteiger partial charge in [0.05, 0.1) is 19.4 Å². The lowest BCUT2D eigenvalue weighted by Gasteiger charge is -2.14. The van der Waals surface area contributed by atoms with E-state index in [0.29, 0.717) is 36.1 Å². The SMILES string of the molecule is C=C/C=C\N(C)CCO/C(C=C)=C/C(=C/C=C/C(=N)/C=C(N)/C=C/c1ccc(C)o1)OC. The highest BCUT2D eigenvalue weighted by atomic mass is 16.5. The molecular weight excluding hydrogens is 402 g/mol. The molecule has 1 aromatic heterocycles. The van der Waals surface area contributed by atoms with Crippen LogP contribution >= 0.6 is 0 Å². The van der Waals surface area contributed by atoms with Crippen molar-refractivity contribution in [1.82, 2.24) is 4.90 Å². The summed E-state index contributed by atoms with van der Waals surface area (Å²) >= 11 is 0. The van der Waals surface area contributed by atoms with Gasteiger partial charge in [0.2, 0.25) is 0 Å². The van der Waals surface area contributed by atoms with Crippen LogP contribution in [0.4, 0.5) is 0 Å². The van der Waals surface area contributed by atoms with Crippen molar-refractivity contribution in [2.75, 3.05) is 27.3 Å². The lowest BCUT2D eigenvalue weighted by molar-refractivity contribution is 0.197. The van der Waals surface area contributed by atoms with Gasteiger partial charge in [0.1, 0.15) is 29.6 Å². The molecule has 0 radical (unpaired) electrons. The van der Waals surface area contributed by atoms with E-state index in [-0.39, 0.29) is 5.71 Å². The molecule has 6 heteroatoms. The number of nitrogens with zero attached hydrogens (tertiary/aromatic N) is 1. The van der Waals surface area contributed by atoms with Crippen LogP contribution in [0.2, 0.25) is 0 Å². The van der Waals surface area contributed by atoms with Gasteiger partial charge in [-0.05, 0) is 67.8 Å². The minimum absolute atomic E-state index is 0.245. The minimum Gasteiger partial charge on any atom is -0.497 e. The van der Waals surface area contributed by atoms with Crippen LogP contribution in [0.3, 0.4) is 0 Å². The third-order valence-corrected chi connectivity index (χ3v) is 3.97. The van der Waals surface area contributed by atoms with E-state index in [1.165, 1.54) is 0 Å². The summed E-state index contributed by atoms with van der Waals surface area (Å²) < 4.78 is 16.5. The molecule has 0 saturated carbocycles. The standard InChI is InChI=1S/C26H33N3O3/c1-6-8-16-29(4)17-18-31-24(7-2)20-26(30-5)11-9-10-22(27)19-23(28)13-15-25-14-12-21(3)32-25/h6-16,19-20,27H,1-2,17-18,28H2,3-5H3/b10-9+,15-13+,16-8-,23-19-,24-20+,26-11-,27-22?. The average Bonchev–Trinajstić information content (AvgIpc) is 3.19. The summed E-state index contributed by atoms with van der Waals surface area (Å²) in [5.74, 6) is 2.69. The van der Waals surface area contributed by atoms with E-state index < -0.39 is 0 Å². The molecule has 0 aliphatic rings. The van der Waals surface area contributed by atoms with Gasteiger partial charge in [-0.15, -0.1) is 0 Å². The molecule has 0 bridgehead atoms. The maximum absolute atomic E-state index is 8.02. The fraction of sp³-hybridized carbons (Fsp3) is 0.192. The second-order valence-electron chi connectivity index (χ2n) is 6.67. The minimum atomic E-state index is 0.245. The van der Waals surface area contributed by atoms with Gasteiger partial charge in [-0.25, -0.2) is 0 Å². The molecule has 1 heterocycles. The Labute approximate surface area is 191 Å². The first-order chi connectivity index (χ1) is 15.4. The number of furan rings is 1. The Morgan fingerprint density at radius 2 is 1.97 bits per heavy atom. The number of nitrogens with two attached hydrogens (primary N) is 1. The van der Waals surface area contributed by atoms with E-state index in [9.17, 15) is 0 Å². The second-order valence-corrected chi connectivity index (χ2v) is 6.67. The molecule has 32 heavy (non-hydrogen) atoms. The van der Waals surface area contributed by atoms with Crippen LogP contribution in [0.5, 0.6) is 0 Å². The largest absolute Gasteiger partial charge is 0.497 e. The van der Waals surface area contributed by atoms with Crippen molar-refractivity contribution < 1.29 is 13.9 Å². The van der Waals surface area contributed by atoms with E-state index in [1.54, 1.807) is 61.8 Å². The lowest BCUT2D eigenvalue weighted by atomic mass is 10.2. The van der Waals surface area contributed by atoms with E-state index in [1.807, 2.05) is 43.3 Å². The van der Waals surface area contributed by atoms with Crippen molar-refractivity contribution in [2.45, 2.75) is 6.92 Å². The molecule has 0 aliphatic carbocycles.